The molecular weight excluding hydrogens is 306 g/mol. The minimum atomic E-state index is -0.156. The molecule has 6 heteroatoms. The highest BCUT2D eigenvalue weighted by Crippen LogP contribution is 2.27. The molecule has 0 aliphatic heterocycles. The van der Waals surface area contributed by atoms with Gasteiger partial charge in [0.25, 0.3) is 0 Å². The highest BCUT2D eigenvalue weighted by molar-refractivity contribution is 5.76. The number of carbonyl (C=O) groups excluding carboxylic acids is 1. The van der Waals surface area contributed by atoms with E-state index in [0.717, 1.165) is 12.8 Å². The number of aliphatic hydroxyl groups is 1. The summed E-state index contributed by atoms with van der Waals surface area (Å²) in [5.41, 5.74) is -0.156. The number of aromatic nitrogens is 2. The molecule has 0 aromatic carbocycles. The minimum Gasteiger partial charge on any atom is -0.396 e. The monoisotopic (exact) mass is 337 g/mol. The highest BCUT2D eigenvalue weighted by Gasteiger charge is 2.25. The van der Waals surface area contributed by atoms with Gasteiger partial charge < -0.3 is 14.9 Å². The standard InChI is InChI=1S/C18H31N3O3/c1-18(2,3)17-20-16(24-21-17)10-9-15(23)19-14(11-12-22)13-7-5-4-6-8-13/h13-14,22H,4-12H2,1-3H3,(H,19,23). The number of amides is 1. The first-order valence-corrected chi connectivity index (χ1v) is 9.13. The zero-order valence-corrected chi connectivity index (χ0v) is 15.2. The summed E-state index contributed by atoms with van der Waals surface area (Å²) in [6, 6.07) is 0.0793. The summed E-state index contributed by atoms with van der Waals surface area (Å²) in [5, 5.41) is 16.4. The lowest BCUT2D eigenvalue weighted by molar-refractivity contribution is -0.122. The number of nitrogens with one attached hydrogen (secondary N) is 1. The van der Waals surface area contributed by atoms with Crippen LogP contribution in [0.4, 0.5) is 0 Å². The number of aliphatic hydroxyl groups excluding tert-OH is 1. The smallest absolute Gasteiger partial charge is 0.227 e. The fourth-order valence-electron chi connectivity index (χ4n) is 3.26. The molecule has 1 amide bonds. The van der Waals surface area contributed by atoms with Gasteiger partial charge in [-0.2, -0.15) is 4.98 Å². The maximum atomic E-state index is 12.3. The lowest BCUT2D eigenvalue weighted by Gasteiger charge is -2.30. The second kappa shape index (κ2) is 8.60. The molecule has 136 valence electrons. The number of rotatable bonds is 7. The Kier molecular flexibility index (Phi) is 6.78. The summed E-state index contributed by atoms with van der Waals surface area (Å²) in [7, 11) is 0. The number of hydrogen-bond acceptors (Lipinski definition) is 5. The Bertz CT molecular complexity index is 516. The van der Waals surface area contributed by atoms with E-state index in [1.54, 1.807) is 0 Å². The molecule has 1 saturated carbocycles. The second-order valence-corrected chi connectivity index (χ2v) is 7.85. The Morgan fingerprint density at radius 3 is 2.62 bits per heavy atom. The Hall–Kier alpha value is -1.43. The van der Waals surface area contributed by atoms with Crippen LogP contribution in [0.3, 0.4) is 0 Å². The minimum absolute atomic E-state index is 0.00506. The average molecular weight is 337 g/mol. The average Bonchev–Trinajstić information content (AvgIpc) is 3.03. The fourth-order valence-corrected chi connectivity index (χ4v) is 3.26. The molecule has 1 heterocycles. The molecule has 0 spiro atoms. The summed E-state index contributed by atoms with van der Waals surface area (Å²) < 4.78 is 5.23. The van der Waals surface area contributed by atoms with Gasteiger partial charge >= 0.3 is 0 Å². The van der Waals surface area contributed by atoms with Crippen LogP contribution in [0.5, 0.6) is 0 Å². The van der Waals surface area contributed by atoms with Gasteiger partial charge in [0.1, 0.15) is 0 Å². The van der Waals surface area contributed by atoms with Crippen LogP contribution in [0.15, 0.2) is 4.52 Å². The number of nitrogens with zero attached hydrogens (tertiary/aromatic N) is 2. The lowest BCUT2D eigenvalue weighted by atomic mass is 9.82. The van der Waals surface area contributed by atoms with E-state index >= 15 is 0 Å². The molecule has 0 radical (unpaired) electrons. The topological polar surface area (TPSA) is 88.2 Å². The first kappa shape index (κ1) is 18.9. The third-order valence-corrected chi connectivity index (χ3v) is 4.71. The van der Waals surface area contributed by atoms with E-state index in [1.807, 2.05) is 20.8 Å². The molecule has 24 heavy (non-hydrogen) atoms. The highest BCUT2D eigenvalue weighted by atomic mass is 16.5. The van der Waals surface area contributed by atoms with Crippen molar-refractivity contribution in [2.45, 2.75) is 83.6 Å². The third-order valence-electron chi connectivity index (χ3n) is 4.71. The number of carbonyl (C=O) groups is 1. The Balaban J connectivity index is 1.83. The second-order valence-electron chi connectivity index (χ2n) is 7.85. The number of hydrogen-bond donors (Lipinski definition) is 2. The molecule has 1 aromatic heterocycles. The molecule has 1 atom stereocenters. The van der Waals surface area contributed by atoms with E-state index in [4.69, 9.17) is 4.52 Å². The van der Waals surface area contributed by atoms with Crippen LogP contribution in [-0.4, -0.2) is 33.8 Å². The van der Waals surface area contributed by atoms with Crippen molar-refractivity contribution in [1.82, 2.24) is 15.5 Å². The van der Waals surface area contributed by atoms with Crippen LogP contribution in [0, 0.1) is 5.92 Å². The van der Waals surface area contributed by atoms with Crippen molar-refractivity contribution in [3.05, 3.63) is 11.7 Å². The van der Waals surface area contributed by atoms with Crippen LogP contribution >= 0.6 is 0 Å². The van der Waals surface area contributed by atoms with Gasteiger partial charge in [0, 0.05) is 30.9 Å². The van der Waals surface area contributed by atoms with E-state index in [0.29, 0.717) is 36.9 Å². The molecule has 2 rings (SSSR count). The zero-order chi connectivity index (χ0) is 17.6. The largest absolute Gasteiger partial charge is 0.396 e. The molecular formula is C18H31N3O3. The summed E-state index contributed by atoms with van der Waals surface area (Å²) in [5.74, 6) is 1.66. The quantitative estimate of drug-likeness (QED) is 0.799. The van der Waals surface area contributed by atoms with E-state index in [2.05, 4.69) is 15.5 Å². The maximum absolute atomic E-state index is 12.3. The Labute approximate surface area is 144 Å². The van der Waals surface area contributed by atoms with Crippen LogP contribution in [0.1, 0.15) is 77.4 Å². The Morgan fingerprint density at radius 1 is 1.33 bits per heavy atom. The zero-order valence-electron chi connectivity index (χ0n) is 15.2. The molecule has 1 aliphatic carbocycles. The molecule has 1 unspecified atom stereocenters. The van der Waals surface area contributed by atoms with Gasteiger partial charge in [-0.25, -0.2) is 0 Å². The predicted octanol–water partition coefficient (Wildman–Crippen LogP) is 2.75. The van der Waals surface area contributed by atoms with Gasteiger partial charge in [0.05, 0.1) is 0 Å². The van der Waals surface area contributed by atoms with Gasteiger partial charge in [0.15, 0.2) is 5.82 Å². The molecule has 0 bridgehead atoms. The fraction of sp³-hybridized carbons (Fsp3) is 0.833. The van der Waals surface area contributed by atoms with Gasteiger partial charge in [-0.05, 0) is 25.2 Å². The molecule has 6 nitrogen and oxygen atoms in total. The van der Waals surface area contributed by atoms with Gasteiger partial charge in [-0.3, -0.25) is 4.79 Å². The van der Waals surface area contributed by atoms with Crippen molar-refractivity contribution in [2.24, 2.45) is 5.92 Å². The van der Waals surface area contributed by atoms with Crippen LogP contribution in [0.25, 0.3) is 0 Å². The molecule has 0 saturated heterocycles. The molecule has 2 N–H and O–H groups in total. The van der Waals surface area contributed by atoms with Crippen LogP contribution in [-0.2, 0) is 16.6 Å². The van der Waals surface area contributed by atoms with Gasteiger partial charge in [0.2, 0.25) is 11.8 Å². The predicted molar refractivity (Wildman–Crippen MR) is 91.5 cm³/mol. The van der Waals surface area contributed by atoms with Crippen molar-refractivity contribution in [1.29, 1.82) is 0 Å². The summed E-state index contributed by atoms with van der Waals surface area (Å²) >= 11 is 0. The van der Waals surface area contributed by atoms with Gasteiger partial charge in [-0.1, -0.05) is 45.2 Å². The lowest BCUT2D eigenvalue weighted by Crippen LogP contribution is -2.41. The maximum Gasteiger partial charge on any atom is 0.227 e. The number of aryl methyl sites for hydroxylation is 1. The normalized spacial score (nSPS) is 17.7. The van der Waals surface area contributed by atoms with Crippen LogP contribution < -0.4 is 5.32 Å². The Morgan fingerprint density at radius 2 is 2.04 bits per heavy atom. The van der Waals surface area contributed by atoms with Gasteiger partial charge in [-0.15, -0.1) is 0 Å². The summed E-state index contributed by atoms with van der Waals surface area (Å²) in [4.78, 5) is 16.6. The van der Waals surface area contributed by atoms with E-state index < -0.39 is 0 Å². The van der Waals surface area contributed by atoms with E-state index in [9.17, 15) is 9.90 Å². The first-order valence-electron chi connectivity index (χ1n) is 9.13. The van der Waals surface area contributed by atoms with E-state index in [-0.39, 0.29) is 24.0 Å². The van der Waals surface area contributed by atoms with E-state index in [1.165, 1.54) is 19.3 Å². The van der Waals surface area contributed by atoms with Crippen molar-refractivity contribution in [3.63, 3.8) is 0 Å². The SMILES string of the molecule is CC(C)(C)c1noc(CCC(=O)NC(CCO)C2CCCCC2)n1. The van der Waals surface area contributed by atoms with Crippen molar-refractivity contribution in [2.75, 3.05) is 6.61 Å². The first-order chi connectivity index (χ1) is 11.4. The molecule has 1 aromatic rings. The summed E-state index contributed by atoms with van der Waals surface area (Å²) in [6.45, 7) is 6.19. The molecule has 1 fully saturated rings. The van der Waals surface area contributed by atoms with Crippen LogP contribution in [0.2, 0.25) is 0 Å². The third kappa shape index (κ3) is 5.58. The van der Waals surface area contributed by atoms with Crippen molar-refractivity contribution in [3.8, 4) is 0 Å². The van der Waals surface area contributed by atoms with Crippen molar-refractivity contribution >= 4 is 5.91 Å². The molecule has 1 aliphatic rings. The van der Waals surface area contributed by atoms with Crippen molar-refractivity contribution < 1.29 is 14.4 Å². The summed E-state index contributed by atoms with van der Waals surface area (Å²) in [6.07, 6.45) is 7.42.